The molecule has 0 aromatic heterocycles. The number of rotatable bonds is 7. The molecule has 0 aliphatic rings. The van der Waals surface area contributed by atoms with Crippen LogP contribution in [-0.4, -0.2) is 59.7 Å². The normalized spacial score (nSPS) is 12.9. The number of carboxylic acid groups (broad SMARTS) is 1. The third-order valence-electron chi connectivity index (χ3n) is 3.10. The van der Waals surface area contributed by atoms with Gasteiger partial charge < -0.3 is 15.1 Å². The first-order chi connectivity index (χ1) is 8.90. The van der Waals surface area contributed by atoms with Crippen LogP contribution in [0.3, 0.4) is 0 Å². The van der Waals surface area contributed by atoms with Gasteiger partial charge in [-0.25, -0.2) is 0 Å². The van der Waals surface area contributed by atoms with Gasteiger partial charge in [0.2, 0.25) is 0 Å². The summed E-state index contributed by atoms with van der Waals surface area (Å²) in [7, 11) is 3.92. The van der Waals surface area contributed by atoms with E-state index in [1.807, 2.05) is 43.0 Å². The first-order valence-electron chi connectivity index (χ1n) is 6.29. The molecule has 0 radical (unpaired) electrons. The molecule has 1 aromatic carbocycles. The summed E-state index contributed by atoms with van der Waals surface area (Å²) in [5.41, 5.74) is 0.998. The fourth-order valence-corrected chi connectivity index (χ4v) is 1.88. The van der Waals surface area contributed by atoms with Crippen molar-refractivity contribution in [2.24, 2.45) is 0 Å². The SMILES string of the molecule is CC(c1ccc(O)cc1)N(CCN(C)C)CC(=O)O. The number of nitrogens with zero attached hydrogens (tertiary/aromatic N) is 2. The number of benzene rings is 1. The van der Waals surface area contributed by atoms with Gasteiger partial charge in [-0.2, -0.15) is 0 Å². The van der Waals surface area contributed by atoms with Crippen LogP contribution in [0.25, 0.3) is 0 Å². The highest BCUT2D eigenvalue weighted by atomic mass is 16.4. The summed E-state index contributed by atoms with van der Waals surface area (Å²) >= 11 is 0. The predicted molar refractivity (Wildman–Crippen MR) is 74.3 cm³/mol. The standard InChI is InChI=1S/C14H22N2O3/c1-11(12-4-6-13(17)7-5-12)16(10-14(18)19)9-8-15(2)3/h4-7,11,17H,8-10H2,1-3H3,(H,18,19). The number of hydrogen-bond acceptors (Lipinski definition) is 4. The topological polar surface area (TPSA) is 64.0 Å². The molecule has 0 aliphatic carbocycles. The van der Waals surface area contributed by atoms with Crippen LogP contribution in [0.1, 0.15) is 18.5 Å². The average Bonchev–Trinajstić information content (AvgIpc) is 2.34. The Morgan fingerprint density at radius 1 is 1.21 bits per heavy atom. The van der Waals surface area contributed by atoms with Crippen molar-refractivity contribution >= 4 is 5.97 Å². The number of aliphatic carboxylic acids is 1. The van der Waals surface area contributed by atoms with Crippen molar-refractivity contribution in [2.45, 2.75) is 13.0 Å². The fraction of sp³-hybridized carbons (Fsp3) is 0.500. The molecule has 1 atom stereocenters. The first-order valence-corrected chi connectivity index (χ1v) is 6.29. The van der Waals surface area contributed by atoms with E-state index in [1.165, 1.54) is 0 Å². The molecular weight excluding hydrogens is 244 g/mol. The second-order valence-electron chi connectivity index (χ2n) is 4.93. The van der Waals surface area contributed by atoms with Gasteiger partial charge in [-0.3, -0.25) is 9.69 Å². The number of likely N-dealkylation sites (N-methyl/N-ethyl adjacent to an activating group) is 1. The Morgan fingerprint density at radius 2 is 1.79 bits per heavy atom. The molecule has 0 saturated carbocycles. The molecule has 1 rings (SSSR count). The zero-order chi connectivity index (χ0) is 14.4. The van der Waals surface area contributed by atoms with Crippen molar-refractivity contribution in [2.75, 3.05) is 33.7 Å². The molecule has 0 bridgehead atoms. The van der Waals surface area contributed by atoms with E-state index in [9.17, 15) is 9.90 Å². The highest BCUT2D eigenvalue weighted by Crippen LogP contribution is 2.21. The molecule has 0 saturated heterocycles. The fourth-order valence-electron chi connectivity index (χ4n) is 1.88. The zero-order valence-corrected chi connectivity index (χ0v) is 11.7. The van der Waals surface area contributed by atoms with Crippen molar-refractivity contribution in [3.63, 3.8) is 0 Å². The maximum absolute atomic E-state index is 10.9. The average molecular weight is 266 g/mol. The third kappa shape index (κ3) is 5.28. The summed E-state index contributed by atoms with van der Waals surface area (Å²) in [5.74, 6) is -0.613. The van der Waals surface area contributed by atoms with E-state index in [2.05, 4.69) is 0 Å². The van der Waals surface area contributed by atoms with Gasteiger partial charge in [0.05, 0.1) is 6.54 Å². The minimum absolute atomic E-state index is 0.00310. The summed E-state index contributed by atoms with van der Waals surface area (Å²) in [6.45, 7) is 3.47. The number of phenolic OH excluding ortho intramolecular Hbond substituents is 1. The maximum atomic E-state index is 10.9. The van der Waals surface area contributed by atoms with Gasteiger partial charge in [0.15, 0.2) is 0 Å². The summed E-state index contributed by atoms with van der Waals surface area (Å²) in [5, 5.41) is 18.3. The van der Waals surface area contributed by atoms with Gasteiger partial charge in [-0.05, 0) is 38.7 Å². The molecule has 1 aromatic rings. The molecular formula is C14H22N2O3. The van der Waals surface area contributed by atoms with Crippen LogP contribution >= 0.6 is 0 Å². The van der Waals surface area contributed by atoms with Crippen LogP contribution in [0, 0.1) is 0 Å². The summed E-state index contributed by atoms with van der Waals surface area (Å²) in [6, 6.07) is 6.89. The molecule has 2 N–H and O–H groups in total. The number of hydrogen-bond donors (Lipinski definition) is 2. The molecule has 19 heavy (non-hydrogen) atoms. The number of carbonyl (C=O) groups is 1. The van der Waals surface area contributed by atoms with Gasteiger partial charge >= 0.3 is 5.97 Å². The van der Waals surface area contributed by atoms with Crippen LogP contribution in [-0.2, 0) is 4.79 Å². The predicted octanol–water partition coefficient (Wildman–Crippen LogP) is 1.40. The minimum Gasteiger partial charge on any atom is -0.508 e. The molecule has 1 unspecified atom stereocenters. The largest absolute Gasteiger partial charge is 0.508 e. The van der Waals surface area contributed by atoms with E-state index >= 15 is 0 Å². The minimum atomic E-state index is -0.829. The number of aromatic hydroxyl groups is 1. The lowest BCUT2D eigenvalue weighted by molar-refractivity contribution is -0.138. The lowest BCUT2D eigenvalue weighted by atomic mass is 10.1. The van der Waals surface area contributed by atoms with Crippen LogP contribution in [0.4, 0.5) is 0 Å². The van der Waals surface area contributed by atoms with E-state index in [0.29, 0.717) is 6.54 Å². The Kier molecular flexibility index (Phi) is 5.79. The van der Waals surface area contributed by atoms with Crippen molar-refractivity contribution in [1.29, 1.82) is 0 Å². The molecule has 0 heterocycles. The van der Waals surface area contributed by atoms with Gasteiger partial charge in [0, 0.05) is 19.1 Å². The van der Waals surface area contributed by atoms with E-state index in [0.717, 1.165) is 12.1 Å². The van der Waals surface area contributed by atoms with E-state index in [1.54, 1.807) is 12.1 Å². The zero-order valence-electron chi connectivity index (χ0n) is 11.7. The maximum Gasteiger partial charge on any atom is 0.317 e. The Bertz CT molecular complexity index is 404. The molecule has 106 valence electrons. The molecule has 0 spiro atoms. The van der Waals surface area contributed by atoms with Gasteiger partial charge in [0.25, 0.3) is 0 Å². The molecule has 0 fully saturated rings. The molecule has 0 aliphatic heterocycles. The van der Waals surface area contributed by atoms with Crippen LogP contribution in [0.15, 0.2) is 24.3 Å². The van der Waals surface area contributed by atoms with E-state index in [4.69, 9.17) is 5.11 Å². The highest BCUT2D eigenvalue weighted by Gasteiger charge is 2.18. The Hall–Kier alpha value is -1.59. The van der Waals surface area contributed by atoms with Crippen LogP contribution in [0.2, 0.25) is 0 Å². The number of phenols is 1. The smallest absolute Gasteiger partial charge is 0.317 e. The monoisotopic (exact) mass is 266 g/mol. The van der Waals surface area contributed by atoms with Gasteiger partial charge in [-0.15, -0.1) is 0 Å². The van der Waals surface area contributed by atoms with Gasteiger partial charge in [0.1, 0.15) is 5.75 Å². The van der Waals surface area contributed by atoms with Crippen LogP contribution < -0.4 is 0 Å². The Balaban J connectivity index is 2.77. The Morgan fingerprint density at radius 3 is 2.26 bits per heavy atom. The quantitative estimate of drug-likeness (QED) is 0.781. The second kappa shape index (κ2) is 7.11. The molecule has 5 heteroatoms. The third-order valence-corrected chi connectivity index (χ3v) is 3.10. The lowest BCUT2D eigenvalue weighted by Crippen LogP contribution is -2.37. The van der Waals surface area contributed by atoms with Gasteiger partial charge in [-0.1, -0.05) is 12.1 Å². The highest BCUT2D eigenvalue weighted by molar-refractivity contribution is 5.69. The molecule has 5 nitrogen and oxygen atoms in total. The first kappa shape index (κ1) is 15.5. The van der Waals surface area contributed by atoms with Crippen molar-refractivity contribution in [1.82, 2.24) is 9.80 Å². The van der Waals surface area contributed by atoms with Crippen molar-refractivity contribution in [3.05, 3.63) is 29.8 Å². The second-order valence-corrected chi connectivity index (χ2v) is 4.93. The Labute approximate surface area is 114 Å². The van der Waals surface area contributed by atoms with Crippen molar-refractivity contribution in [3.8, 4) is 5.75 Å². The summed E-state index contributed by atoms with van der Waals surface area (Å²) in [4.78, 5) is 14.9. The summed E-state index contributed by atoms with van der Waals surface area (Å²) in [6.07, 6.45) is 0. The molecule has 0 amide bonds. The lowest BCUT2D eigenvalue weighted by Gasteiger charge is -2.29. The number of carboxylic acids is 1. The summed E-state index contributed by atoms with van der Waals surface area (Å²) < 4.78 is 0. The van der Waals surface area contributed by atoms with Crippen molar-refractivity contribution < 1.29 is 15.0 Å². The van der Waals surface area contributed by atoms with Crippen LogP contribution in [0.5, 0.6) is 5.75 Å². The van der Waals surface area contributed by atoms with E-state index in [-0.39, 0.29) is 18.3 Å². The van der Waals surface area contributed by atoms with E-state index < -0.39 is 5.97 Å².